The highest BCUT2D eigenvalue weighted by molar-refractivity contribution is 6.32. The predicted molar refractivity (Wildman–Crippen MR) is 146 cm³/mol. The Bertz CT molecular complexity index is 1140. The Labute approximate surface area is 213 Å². The van der Waals surface area contributed by atoms with E-state index in [4.69, 9.17) is 21.3 Å². The number of hydrogen-bond acceptors (Lipinski definition) is 6. The minimum atomic E-state index is 0.0533. The van der Waals surface area contributed by atoms with E-state index in [0.717, 1.165) is 55.9 Å². The zero-order valence-electron chi connectivity index (χ0n) is 21.1. The number of nitrogens with one attached hydrogen (secondary N) is 3. The van der Waals surface area contributed by atoms with Crippen molar-refractivity contribution in [1.29, 1.82) is 0 Å². The maximum absolute atomic E-state index is 6.47. The summed E-state index contributed by atoms with van der Waals surface area (Å²) >= 11 is 6.47. The van der Waals surface area contributed by atoms with Crippen molar-refractivity contribution in [3.05, 3.63) is 64.3 Å². The number of halogens is 1. The molecule has 1 saturated heterocycles. The van der Waals surface area contributed by atoms with Gasteiger partial charge in [0.15, 0.2) is 5.82 Å². The quantitative estimate of drug-likeness (QED) is 0.294. The summed E-state index contributed by atoms with van der Waals surface area (Å²) in [5, 5.41) is 10.7. The lowest BCUT2D eigenvalue weighted by atomic mass is 9.87. The molecule has 0 amide bonds. The molecule has 0 atom stereocenters. The highest BCUT2D eigenvalue weighted by Gasteiger charge is 2.20. The Morgan fingerprint density at radius 2 is 1.89 bits per heavy atom. The second-order valence-corrected chi connectivity index (χ2v) is 9.85. The summed E-state index contributed by atoms with van der Waals surface area (Å²) in [5.74, 6) is 2.40. The first kappa shape index (κ1) is 25.3. The van der Waals surface area contributed by atoms with Crippen LogP contribution in [-0.2, 0) is 6.42 Å². The zero-order valence-corrected chi connectivity index (χ0v) is 21.9. The summed E-state index contributed by atoms with van der Waals surface area (Å²) in [5.41, 5.74) is 5.70. The van der Waals surface area contributed by atoms with Crippen LogP contribution in [0.5, 0.6) is 5.75 Å². The van der Waals surface area contributed by atoms with E-state index in [1.54, 1.807) is 6.20 Å². The topological polar surface area (TPSA) is 71.1 Å². The van der Waals surface area contributed by atoms with Crippen LogP contribution < -0.4 is 20.7 Å². The van der Waals surface area contributed by atoms with Crippen LogP contribution in [0.15, 0.2) is 42.6 Å². The molecule has 1 fully saturated rings. The molecule has 6 nitrogen and oxygen atoms in total. The van der Waals surface area contributed by atoms with E-state index in [1.165, 1.54) is 16.7 Å². The van der Waals surface area contributed by atoms with Gasteiger partial charge in [-0.1, -0.05) is 43.1 Å². The molecule has 0 unspecified atom stereocenters. The highest BCUT2D eigenvalue weighted by atomic mass is 35.5. The normalized spacial score (nSPS) is 14.2. The molecule has 1 aromatic heterocycles. The first-order valence-corrected chi connectivity index (χ1v) is 13.0. The zero-order chi connectivity index (χ0) is 24.8. The smallest absolute Gasteiger partial charge is 0.229 e. The third-order valence-electron chi connectivity index (χ3n) is 6.29. The van der Waals surface area contributed by atoms with Crippen molar-refractivity contribution >= 4 is 34.7 Å². The molecule has 0 spiro atoms. The molecule has 186 valence electrons. The Balaban J connectivity index is 1.62. The second-order valence-electron chi connectivity index (χ2n) is 9.44. The minimum absolute atomic E-state index is 0.0533. The molecule has 7 heteroatoms. The van der Waals surface area contributed by atoms with E-state index >= 15 is 0 Å². The van der Waals surface area contributed by atoms with Gasteiger partial charge in [0.05, 0.1) is 18.0 Å². The van der Waals surface area contributed by atoms with Crippen LogP contribution in [0.25, 0.3) is 0 Å². The van der Waals surface area contributed by atoms with Crippen molar-refractivity contribution in [1.82, 2.24) is 15.3 Å². The molecule has 35 heavy (non-hydrogen) atoms. The van der Waals surface area contributed by atoms with Crippen LogP contribution in [-0.4, -0.2) is 29.2 Å². The lowest BCUT2D eigenvalue weighted by Crippen LogP contribution is -2.27. The van der Waals surface area contributed by atoms with Crippen molar-refractivity contribution in [3.8, 4) is 5.75 Å². The molecule has 0 saturated carbocycles. The fourth-order valence-electron chi connectivity index (χ4n) is 4.62. The molecule has 2 aromatic carbocycles. The van der Waals surface area contributed by atoms with Crippen molar-refractivity contribution in [2.75, 3.05) is 23.7 Å². The van der Waals surface area contributed by atoms with E-state index in [0.29, 0.717) is 22.7 Å². The van der Waals surface area contributed by atoms with Gasteiger partial charge in [0, 0.05) is 5.69 Å². The summed E-state index contributed by atoms with van der Waals surface area (Å²) in [7, 11) is 0. The molecule has 0 aliphatic carbocycles. The van der Waals surface area contributed by atoms with Gasteiger partial charge in [-0.2, -0.15) is 4.98 Å². The number of para-hydroxylation sites is 1. The van der Waals surface area contributed by atoms with Gasteiger partial charge in [-0.15, -0.1) is 0 Å². The lowest BCUT2D eigenvalue weighted by molar-refractivity contribution is 0.243. The average Bonchev–Trinajstić information content (AvgIpc) is 2.84. The van der Waals surface area contributed by atoms with E-state index in [9.17, 15) is 0 Å². The summed E-state index contributed by atoms with van der Waals surface area (Å²) in [6.07, 6.45) is 6.01. The molecule has 1 aliphatic rings. The van der Waals surface area contributed by atoms with Crippen LogP contribution in [0.3, 0.4) is 0 Å². The molecular weight excluding hydrogens is 458 g/mol. The number of nitrogens with zero attached hydrogens (tertiary/aromatic N) is 2. The van der Waals surface area contributed by atoms with Crippen LogP contribution in [0.2, 0.25) is 5.02 Å². The Kier molecular flexibility index (Phi) is 8.47. The second kappa shape index (κ2) is 11.7. The molecule has 3 N–H and O–H groups in total. The third kappa shape index (κ3) is 6.44. The molecular formula is C28H36ClN5O. The molecule has 3 aromatic rings. The number of benzene rings is 2. The third-order valence-corrected chi connectivity index (χ3v) is 6.57. The molecule has 4 rings (SSSR count). The van der Waals surface area contributed by atoms with Gasteiger partial charge in [0.1, 0.15) is 10.8 Å². The van der Waals surface area contributed by atoms with Crippen molar-refractivity contribution in [2.45, 2.75) is 65.4 Å². The van der Waals surface area contributed by atoms with Gasteiger partial charge >= 0.3 is 0 Å². The average molecular weight is 494 g/mol. The van der Waals surface area contributed by atoms with E-state index < -0.39 is 0 Å². The maximum atomic E-state index is 6.47. The van der Waals surface area contributed by atoms with Crippen molar-refractivity contribution in [2.24, 2.45) is 0 Å². The Morgan fingerprint density at radius 3 is 2.63 bits per heavy atom. The highest BCUT2D eigenvalue weighted by Crippen LogP contribution is 2.37. The molecule has 2 heterocycles. The van der Waals surface area contributed by atoms with E-state index in [1.807, 2.05) is 26.0 Å². The van der Waals surface area contributed by atoms with Gasteiger partial charge in [0.2, 0.25) is 5.95 Å². The van der Waals surface area contributed by atoms with Gasteiger partial charge in [0.25, 0.3) is 0 Å². The first-order chi connectivity index (χ1) is 16.9. The fourth-order valence-corrected chi connectivity index (χ4v) is 4.76. The van der Waals surface area contributed by atoms with Crippen LogP contribution in [0.4, 0.5) is 23.1 Å². The van der Waals surface area contributed by atoms with Crippen LogP contribution in [0, 0.1) is 6.92 Å². The molecule has 0 radical (unpaired) electrons. The minimum Gasteiger partial charge on any atom is -0.489 e. The van der Waals surface area contributed by atoms with Crippen LogP contribution in [0.1, 0.15) is 62.6 Å². The lowest BCUT2D eigenvalue weighted by Gasteiger charge is -2.26. The van der Waals surface area contributed by atoms with Crippen molar-refractivity contribution < 1.29 is 4.74 Å². The Morgan fingerprint density at radius 1 is 1.11 bits per heavy atom. The number of ether oxygens (including phenoxy) is 1. The van der Waals surface area contributed by atoms with E-state index in [2.05, 4.69) is 59.0 Å². The number of aromatic nitrogens is 2. The molecule has 1 aliphatic heterocycles. The summed E-state index contributed by atoms with van der Waals surface area (Å²) in [6.45, 7) is 10.5. The van der Waals surface area contributed by atoms with Crippen molar-refractivity contribution in [3.63, 3.8) is 0 Å². The van der Waals surface area contributed by atoms with Crippen LogP contribution >= 0.6 is 11.6 Å². The predicted octanol–water partition coefficient (Wildman–Crippen LogP) is 7.13. The SMILES string of the molecule is CCCc1ccccc1Nc1nc(Nc2cc(C)c(C3CCNCC3)cc2OC(C)C)ncc1Cl. The van der Waals surface area contributed by atoms with Gasteiger partial charge in [-0.3, -0.25) is 0 Å². The largest absolute Gasteiger partial charge is 0.489 e. The number of rotatable bonds is 9. The number of aryl methyl sites for hydroxylation is 2. The number of anilines is 4. The summed E-state index contributed by atoms with van der Waals surface area (Å²) < 4.78 is 6.22. The molecule has 0 bridgehead atoms. The van der Waals surface area contributed by atoms with E-state index in [-0.39, 0.29) is 6.10 Å². The van der Waals surface area contributed by atoms with Gasteiger partial charge in [-0.25, -0.2) is 4.98 Å². The van der Waals surface area contributed by atoms with Gasteiger partial charge in [-0.05, 0) is 93.9 Å². The summed E-state index contributed by atoms with van der Waals surface area (Å²) in [4.78, 5) is 9.14. The number of piperidine rings is 1. The number of hydrogen-bond donors (Lipinski definition) is 3. The van der Waals surface area contributed by atoms with Gasteiger partial charge < -0.3 is 20.7 Å². The first-order valence-electron chi connectivity index (χ1n) is 12.6. The Hall–Kier alpha value is -2.83. The maximum Gasteiger partial charge on any atom is 0.229 e. The summed E-state index contributed by atoms with van der Waals surface area (Å²) in [6, 6.07) is 12.6. The fraction of sp³-hybridized carbons (Fsp3) is 0.429. The monoisotopic (exact) mass is 493 g/mol. The standard InChI is InChI=1S/C28H36ClN5O/c1-5-8-21-9-6-7-10-24(21)32-27-23(29)17-31-28(34-27)33-25-15-19(4)22(16-26(25)35-18(2)3)20-11-13-30-14-12-20/h6-7,9-10,15-18,20,30H,5,8,11-14H2,1-4H3,(H2,31,32,33,34).